The fraction of sp³-hybridized carbons (Fsp3) is 0.250. The van der Waals surface area contributed by atoms with Crippen molar-refractivity contribution in [1.82, 2.24) is 9.78 Å². The summed E-state index contributed by atoms with van der Waals surface area (Å²) in [6.07, 6.45) is 0.772. The van der Waals surface area contributed by atoms with Crippen molar-refractivity contribution in [2.75, 3.05) is 0 Å². The van der Waals surface area contributed by atoms with Crippen LogP contribution in [-0.2, 0) is 6.42 Å². The minimum atomic E-state index is 0.203. The van der Waals surface area contributed by atoms with Gasteiger partial charge in [-0.15, -0.1) is 0 Å². The molecular weight excluding hydrogens is 284 g/mol. The highest BCUT2D eigenvalue weighted by Gasteiger charge is 2.19. The maximum absolute atomic E-state index is 10.8. The summed E-state index contributed by atoms with van der Waals surface area (Å²) in [4.78, 5) is 0. The molecule has 0 aliphatic rings. The van der Waals surface area contributed by atoms with Gasteiger partial charge in [-0.2, -0.15) is 5.10 Å². The molecular formula is C20H22N2O. The molecule has 0 fully saturated rings. The molecule has 0 bridgehead atoms. The molecule has 23 heavy (non-hydrogen) atoms. The molecule has 0 saturated carbocycles. The average Bonchev–Trinajstić information content (AvgIpc) is 2.88. The topological polar surface area (TPSA) is 38.0 Å². The highest BCUT2D eigenvalue weighted by Crippen LogP contribution is 2.35. The fourth-order valence-electron chi connectivity index (χ4n) is 2.75. The molecule has 1 aromatic heterocycles. The molecule has 3 nitrogen and oxygen atoms in total. The van der Waals surface area contributed by atoms with Gasteiger partial charge in [0.25, 0.3) is 0 Å². The standard InChI is InChI=1S/C20H22N2O/c1-5-18-19(16-9-6-13(2)7-10-16)20(23)22(21-18)17-11-8-14(3)15(4)12-17/h6-12,23H,5H2,1-4H3. The Kier molecular flexibility index (Phi) is 3.95. The van der Waals surface area contributed by atoms with E-state index in [1.54, 1.807) is 4.68 Å². The molecule has 1 heterocycles. The Balaban J connectivity index is 2.17. The van der Waals surface area contributed by atoms with E-state index in [0.29, 0.717) is 0 Å². The van der Waals surface area contributed by atoms with Gasteiger partial charge in [-0.25, -0.2) is 4.68 Å². The molecule has 0 unspecified atom stereocenters. The Bertz CT molecular complexity index is 845. The quantitative estimate of drug-likeness (QED) is 0.759. The van der Waals surface area contributed by atoms with Gasteiger partial charge in [0.2, 0.25) is 5.88 Å². The molecule has 0 aliphatic heterocycles. The van der Waals surface area contributed by atoms with Crippen molar-refractivity contribution in [3.8, 4) is 22.7 Å². The smallest absolute Gasteiger partial charge is 0.222 e. The molecule has 0 amide bonds. The van der Waals surface area contributed by atoms with Crippen LogP contribution in [0.15, 0.2) is 42.5 Å². The van der Waals surface area contributed by atoms with Gasteiger partial charge in [0.05, 0.1) is 16.9 Å². The summed E-state index contributed by atoms with van der Waals surface area (Å²) in [5.41, 5.74) is 7.24. The van der Waals surface area contributed by atoms with Crippen LogP contribution in [0.1, 0.15) is 29.3 Å². The first-order chi connectivity index (χ1) is 11.0. The van der Waals surface area contributed by atoms with Crippen molar-refractivity contribution in [2.45, 2.75) is 34.1 Å². The predicted molar refractivity (Wildman–Crippen MR) is 94.3 cm³/mol. The van der Waals surface area contributed by atoms with Gasteiger partial charge in [0.15, 0.2) is 0 Å². The maximum atomic E-state index is 10.8. The van der Waals surface area contributed by atoms with E-state index < -0.39 is 0 Å². The van der Waals surface area contributed by atoms with Crippen LogP contribution < -0.4 is 0 Å². The van der Waals surface area contributed by atoms with Crippen molar-refractivity contribution in [3.05, 3.63) is 64.8 Å². The van der Waals surface area contributed by atoms with Gasteiger partial charge < -0.3 is 5.11 Å². The van der Waals surface area contributed by atoms with Crippen LogP contribution in [0.3, 0.4) is 0 Å². The third-order valence-electron chi connectivity index (χ3n) is 4.34. The zero-order valence-electron chi connectivity index (χ0n) is 14.1. The summed E-state index contributed by atoms with van der Waals surface area (Å²) in [5.74, 6) is 0.203. The summed E-state index contributed by atoms with van der Waals surface area (Å²) >= 11 is 0. The van der Waals surface area contributed by atoms with Gasteiger partial charge in [-0.1, -0.05) is 42.8 Å². The van der Waals surface area contributed by atoms with E-state index in [1.165, 1.54) is 16.7 Å². The summed E-state index contributed by atoms with van der Waals surface area (Å²) in [5, 5.41) is 15.4. The van der Waals surface area contributed by atoms with E-state index >= 15 is 0 Å². The number of aromatic nitrogens is 2. The Morgan fingerprint density at radius 1 is 0.957 bits per heavy atom. The van der Waals surface area contributed by atoms with E-state index in [-0.39, 0.29) is 5.88 Å². The molecule has 3 heteroatoms. The Morgan fingerprint density at radius 2 is 1.65 bits per heavy atom. The third-order valence-corrected chi connectivity index (χ3v) is 4.34. The fourth-order valence-corrected chi connectivity index (χ4v) is 2.75. The lowest BCUT2D eigenvalue weighted by Gasteiger charge is -2.07. The highest BCUT2D eigenvalue weighted by atomic mass is 16.3. The largest absolute Gasteiger partial charge is 0.493 e. The lowest BCUT2D eigenvalue weighted by atomic mass is 10.0. The van der Waals surface area contributed by atoms with Crippen molar-refractivity contribution in [2.24, 2.45) is 0 Å². The first-order valence-electron chi connectivity index (χ1n) is 7.96. The number of rotatable bonds is 3. The predicted octanol–water partition coefficient (Wildman–Crippen LogP) is 4.73. The van der Waals surface area contributed by atoms with Crippen LogP contribution in [0.4, 0.5) is 0 Å². The van der Waals surface area contributed by atoms with E-state index in [9.17, 15) is 5.11 Å². The molecule has 2 aromatic carbocycles. The Labute approximate surface area is 137 Å². The summed E-state index contributed by atoms with van der Waals surface area (Å²) in [6.45, 7) is 8.27. The summed E-state index contributed by atoms with van der Waals surface area (Å²) in [7, 11) is 0. The molecule has 0 aliphatic carbocycles. The van der Waals surface area contributed by atoms with E-state index in [2.05, 4.69) is 57.1 Å². The lowest BCUT2D eigenvalue weighted by molar-refractivity contribution is 0.435. The molecule has 0 radical (unpaired) electrons. The third kappa shape index (κ3) is 2.74. The van der Waals surface area contributed by atoms with Gasteiger partial charge in [0.1, 0.15) is 0 Å². The van der Waals surface area contributed by atoms with E-state index in [4.69, 9.17) is 0 Å². The van der Waals surface area contributed by atoms with E-state index in [1.807, 2.05) is 18.2 Å². The highest BCUT2D eigenvalue weighted by molar-refractivity contribution is 5.72. The number of nitrogens with zero attached hydrogens (tertiary/aromatic N) is 2. The van der Waals surface area contributed by atoms with Gasteiger partial charge in [-0.05, 0) is 56.0 Å². The number of aryl methyl sites for hydroxylation is 4. The molecule has 118 valence electrons. The van der Waals surface area contributed by atoms with Crippen molar-refractivity contribution in [3.63, 3.8) is 0 Å². The number of hydrogen-bond acceptors (Lipinski definition) is 2. The molecule has 1 N–H and O–H groups in total. The SMILES string of the molecule is CCc1nn(-c2ccc(C)c(C)c2)c(O)c1-c1ccc(C)cc1. The number of hydrogen-bond donors (Lipinski definition) is 1. The van der Waals surface area contributed by atoms with Crippen LogP contribution in [0, 0.1) is 20.8 Å². The second-order valence-corrected chi connectivity index (χ2v) is 6.05. The molecule has 0 atom stereocenters. The first kappa shape index (κ1) is 15.3. The summed E-state index contributed by atoms with van der Waals surface area (Å²) < 4.78 is 1.64. The van der Waals surface area contributed by atoms with Crippen LogP contribution in [0.2, 0.25) is 0 Å². The second-order valence-electron chi connectivity index (χ2n) is 6.05. The van der Waals surface area contributed by atoms with Crippen LogP contribution in [0.25, 0.3) is 16.8 Å². The molecule has 0 saturated heterocycles. The lowest BCUT2D eigenvalue weighted by Crippen LogP contribution is -1.97. The Morgan fingerprint density at radius 3 is 2.26 bits per heavy atom. The Hall–Kier alpha value is -2.55. The number of benzene rings is 2. The van der Waals surface area contributed by atoms with Crippen LogP contribution in [-0.4, -0.2) is 14.9 Å². The van der Waals surface area contributed by atoms with Crippen LogP contribution in [0.5, 0.6) is 5.88 Å². The summed E-state index contributed by atoms with van der Waals surface area (Å²) in [6, 6.07) is 14.3. The zero-order valence-corrected chi connectivity index (χ0v) is 14.1. The average molecular weight is 306 g/mol. The van der Waals surface area contributed by atoms with Gasteiger partial charge in [0, 0.05) is 0 Å². The zero-order chi connectivity index (χ0) is 16.6. The van der Waals surface area contributed by atoms with Crippen molar-refractivity contribution in [1.29, 1.82) is 0 Å². The van der Waals surface area contributed by atoms with Crippen molar-refractivity contribution < 1.29 is 5.11 Å². The minimum Gasteiger partial charge on any atom is -0.493 e. The minimum absolute atomic E-state index is 0.203. The normalized spacial score (nSPS) is 11.0. The molecule has 0 spiro atoms. The van der Waals surface area contributed by atoms with Gasteiger partial charge >= 0.3 is 0 Å². The number of aromatic hydroxyl groups is 1. The molecule has 3 aromatic rings. The van der Waals surface area contributed by atoms with E-state index in [0.717, 1.165) is 28.9 Å². The second kappa shape index (κ2) is 5.92. The van der Waals surface area contributed by atoms with Crippen molar-refractivity contribution >= 4 is 0 Å². The first-order valence-corrected chi connectivity index (χ1v) is 7.96. The van der Waals surface area contributed by atoms with Gasteiger partial charge in [-0.3, -0.25) is 0 Å². The monoisotopic (exact) mass is 306 g/mol. The van der Waals surface area contributed by atoms with Crippen LogP contribution >= 0.6 is 0 Å². The molecule has 3 rings (SSSR count). The maximum Gasteiger partial charge on any atom is 0.222 e.